The summed E-state index contributed by atoms with van der Waals surface area (Å²) < 4.78 is 17.3. The second-order valence-corrected chi connectivity index (χ2v) is 7.46. The Labute approximate surface area is 178 Å². The van der Waals surface area contributed by atoms with Gasteiger partial charge in [-0.3, -0.25) is 9.98 Å². The molecule has 1 aromatic heterocycles. The minimum absolute atomic E-state index is 0.203. The van der Waals surface area contributed by atoms with Gasteiger partial charge in [0, 0.05) is 48.5 Å². The van der Waals surface area contributed by atoms with Crippen LogP contribution in [-0.2, 0) is 19.5 Å². The van der Waals surface area contributed by atoms with E-state index in [1.807, 2.05) is 27.0 Å². The van der Waals surface area contributed by atoms with Crippen LogP contribution in [0.5, 0.6) is 17.2 Å². The highest BCUT2D eigenvalue weighted by molar-refractivity contribution is 5.79. The number of guanidine groups is 1. The van der Waals surface area contributed by atoms with Crippen LogP contribution in [0.4, 0.5) is 0 Å². The van der Waals surface area contributed by atoms with Gasteiger partial charge >= 0.3 is 0 Å². The molecule has 0 saturated heterocycles. The zero-order valence-electron chi connectivity index (χ0n) is 18.8. The summed E-state index contributed by atoms with van der Waals surface area (Å²) in [4.78, 5) is 8.87. The van der Waals surface area contributed by atoms with Crippen molar-refractivity contribution in [2.75, 3.05) is 20.8 Å². The quantitative estimate of drug-likeness (QED) is 0.537. The fourth-order valence-electron chi connectivity index (χ4n) is 3.73. The zero-order chi connectivity index (χ0) is 21.7. The van der Waals surface area contributed by atoms with Gasteiger partial charge in [0.25, 0.3) is 0 Å². The number of benzene rings is 1. The maximum atomic E-state index is 5.91. The Morgan fingerprint density at radius 3 is 2.73 bits per heavy atom. The maximum absolute atomic E-state index is 5.91. The number of hydrogen-bond donors (Lipinski definition) is 2. The van der Waals surface area contributed by atoms with Crippen LogP contribution in [0.15, 0.2) is 23.3 Å². The lowest BCUT2D eigenvalue weighted by Crippen LogP contribution is -2.36. The number of rotatable bonds is 7. The first-order valence-electron chi connectivity index (χ1n) is 10.4. The first-order chi connectivity index (χ1) is 14.5. The highest BCUT2D eigenvalue weighted by Crippen LogP contribution is 2.35. The third-order valence-electron chi connectivity index (χ3n) is 5.22. The SMILES string of the molecule is CCOc1cc2c(cc1CNC(=NC)NCc1ncc(C)c(OC)c1C)OC(C)C2. The van der Waals surface area contributed by atoms with Crippen LogP contribution >= 0.6 is 0 Å². The normalized spacial score (nSPS) is 15.4. The number of hydrogen-bond acceptors (Lipinski definition) is 5. The first-order valence-corrected chi connectivity index (χ1v) is 10.4. The number of ether oxygens (including phenoxy) is 3. The topological polar surface area (TPSA) is 77.0 Å². The molecule has 1 unspecified atom stereocenters. The highest BCUT2D eigenvalue weighted by Gasteiger charge is 2.22. The lowest BCUT2D eigenvalue weighted by molar-refractivity contribution is 0.254. The number of pyridine rings is 1. The molecule has 1 aliphatic heterocycles. The van der Waals surface area contributed by atoms with Crippen molar-refractivity contribution in [1.82, 2.24) is 15.6 Å². The summed E-state index contributed by atoms with van der Waals surface area (Å²) in [5.41, 5.74) is 5.23. The van der Waals surface area contributed by atoms with Gasteiger partial charge in [-0.25, -0.2) is 0 Å². The van der Waals surface area contributed by atoms with Gasteiger partial charge in [-0.1, -0.05) is 0 Å². The van der Waals surface area contributed by atoms with Crippen LogP contribution in [0.25, 0.3) is 0 Å². The predicted octanol–water partition coefficient (Wildman–Crippen LogP) is 3.29. The van der Waals surface area contributed by atoms with E-state index < -0.39 is 0 Å². The number of methoxy groups -OCH3 is 1. The minimum atomic E-state index is 0.203. The molecule has 0 aliphatic carbocycles. The summed E-state index contributed by atoms with van der Waals surface area (Å²) in [6.45, 7) is 9.83. The summed E-state index contributed by atoms with van der Waals surface area (Å²) in [5.74, 6) is 3.39. The average molecular weight is 413 g/mol. The molecular weight excluding hydrogens is 380 g/mol. The van der Waals surface area contributed by atoms with E-state index in [0.29, 0.717) is 25.7 Å². The average Bonchev–Trinajstić information content (AvgIpc) is 3.08. The molecule has 3 rings (SSSR count). The maximum Gasteiger partial charge on any atom is 0.191 e. The van der Waals surface area contributed by atoms with E-state index in [4.69, 9.17) is 14.2 Å². The highest BCUT2D eigenvalue weighted by atomic mass is 16.5. The van der Waals surface area contributed by atoms with Gasteiger partial charge in [0.05, 0.1) is 26.0 Å². The Balaban J connectivity index is 1.67. The predicted molar refractivity (Wildman–Crippen MR) is 119 cm³/mol. The Morgan fingerprint density at radius 1 is 1.27 bits per heavy atom. The molecular formula is C23H32N4O3. The van der Waals surface area contributed by atoms with Crippen molar-refractivity contribution in [3.63, 3.8) is 0 Å². The summed E-state index contributed by atoms with van der Waals surface area (Å²) in [5, 5.41) is 6.69. The molecule has 1 aliphatic rings. The van der Waals surface area contributed by atoms with Crippen molar-refractivity contribution in [3.8, 4) is 17.2 Å². The number of nitrogens with one attached hydrogen (secondary N) is 2. The fraction of sp³-hybridized carbons (Fsp3) is 0.478. The molecule has 2 heterocycles. The van der Waals surface area contributed by atoms with Crippen molar-refractivity contribution >= 4 is 5.96 Å². The molecule has 0 amide bonds. The van der Waals surface area contributed by atoms with E-state index in [1.54, 1.807) is 14.2 Å². The van der Waals surface area contributed by atoms with Crippen LogP contribution in [0.1, 0.15) is 41.8 Å². The van der Waals surface area contributed by atoms with Crippen molar-refractivity contribution < 1.29 is 14.2 Å². The Hall–Kier alpha value is -2.96. The van der Waals surface area contributed by atoms with E-state index in [9.17, 15) is 0 Å². The fourth-order valence-corrected chi connectivity index (χ4v) is 3.73. The Bertz CT molecular complexity index is 927. The molecule has 0 radical (unpaired) electrons. The van der Waals surface area contributed by atoms with E-state index >= 15 is 0 Å². The van der Waals surface area contributed by atoms with E-state index in [1.165, 1.54) is 5.56 Å². The van der Waals surface area contributed by atoms with Gasteiger partial charge in [-0.2, -0.15) is 0 Å². The van der Waals surface area contributed by atoms with Crippen LogP contribution in [0, 0.1) is 13.8 Å². The molecule has 7 nitrogen and oxygen atoms in total. The number of fused-ring (bicyclic) bond motifs is 1. The van der Waals surface area contributed by atoms with Gasteiger partial charge in [0.15, 0.2) is 5.96 Å². The molecule has 162 valence electrons. The first kappa shape index (κ1) is 21.7. The molecule has 1 atom stereocenters. The van der Waals surface area contributed by atoms with Gasteiger partial charge in [-0.05, 0) is 39.8 Å². The lowest BCUT2D eigenvalue weighted by Gasteiger charge is -2.17. The molecule has 0 saturated carbocycles. The third kappa shape index (κ3) is 4.78. The number of nitrogens with zero attached hydrogens (tertiary/aromatic N) is 2. The molecule has 30 heavy (non-hydrogen) atoms. The van der Waals surface area contributed by atoms with Crippen LogP contribution in [-0.4, -0.2) is 37.8 Å². The van der Waals surface area contributed by atoms with Gasteiger partial charge in [0.2, 0.25) is 0 Å². The van der Waals surface area contributed by atoms with Crippen LogP contribution in [0.2, 0.25) is 0 Å². The summed E-state index contributed by atoms with van der Waals surface area (Å²) in [6, 6.07) is 4.17. The Morgan fingerprint density at radius 2 is 2.03 bits per heavy atom. The van der Waals surface area contributed by atoms with Gasteiger partial charge < -0.3 is 24.8 Å². The zero-order valence-corrected chi connectivity index (χ0v) is 18.8. The van der Waals surface area contributed by atoms with Crippen molar-refractivity contribution in [2.45, 2.75) is 53.3 Å². The summed E-state index contributed by atoms with van der Waals surface area (Å²) in [6.07, 6.45) is 2.95. The van der Waals surface area contributed by atoms with Crippen molar-refractivity contribution in [3.05, 3.63) is 46.3 Å². The third-order valence-corrected chi connectivity index (χ3v) is 5.22. The number of aliphatic imine (C=N–C) groups is 1. The molecule has 2 N–H and O–H groups in total. The monoisotopic (exact) mass is 412 g/mol. The van der Waals surface area contributed by atoms with Gasteiger partial charge in [-0.15, -0.1) is 0 Å². The van der Waals surface area contributed by atoms with E-state index in [0.717, 1.165) is 46.1 Å². The molecule has 0 bridgehead atoms. The molecule has 0 fully saturated rings. The standard InChI is InChI=1S/C23H32N4O3/c1-7-29-20-9-17-8-15(3)30-21(17)10-18(20)12-26-23(24-5)27-13-19-16(4)22(28-6)14(2)11-25-19/h9-11,15H,7-8,12-13H2,1-6H3,(H2,24,26,27). The number of aromatic nitrogens is 1. The second-order valence-electron chi connectivity index (χ2n) is 7.46. The Kier molecular flexibility index (Phi) is 7.03. The van der Waals surface area contributed by atoms with Crippen LogP contribution < -0.4 is 24.8 Å². The molecule has 2 aromatic rings. The summed E-state index contributed by atoms with van der Waals surface area (Å²) >= 11 is 0. The molecule has 1 aromatic carbocycles. The smallest absolute Gasteiger partial charge is 0.191 e. The van der Waals surface area contributed by atoms with Gasteiger partial charge in [0.1, 0.15) is 23.4 Å². The van der Waals surface area contributed by atoms with Crippen LogP contribution in [0.3, 0.4) is 0 Å². The largest absolute Gasteiger partial charge is 0.496 e. The molecule has 0 spiro atoms. The minimum Gasteiger partial charge on any atom is -0.496 e. The van der Waals surface area contributed by atoms with E-state index in [2.05, 4.69) is 39.7 Å². The molecule has 7 heteroatoms. The van der Waals surface area contributed by atoms with E-state index in [-0.39, 0.29) is 6.10 Å². The van der Waals surface area contributed by atoms with Crippen molar-refractivity contribution in [2.24, 2.45) is 4.99 Å². The summed E-state index contributed by atoms with van der Waals surface area (Å²) in [7, 11) is 3.44. The van der Waals surface area contributed by atoms with Crippen molar-refractivity contribution in [1.29, 1.82) is 0 Å². The number of aryl methyl sites for hydroxylation is 1. The lowest BCUT2D eigenvalue weighted by atomic mass is 10.1. The second kappa shape index (κ2) is 9.69.